The number of nitrogens with zero attached hydrogens (tertiary/aromatic N) is 1. The zero-order valence-corrected chi connectivity index (χ0v) is 18.1. The van der Waals surface area contributed by atoms with Gasteiger partial charge < -0.3 is 14.5 Å². The second-order valence-electron chi connectivity index (χ2n) is 7.39. The van der Waals surface area contributed by atoms with Gasteiger partial charge in [0.2, 0.25) is 5.55 Å². The third kappa shape index (κ3) is 4.60. The van der Waals surface area contributed by atoms with Crippen LogP contribution in [0.15, 0.2) is 56.3 Å². The first-order chi connectivity index (χ1) is 14.0. The molecule has 5 nitrogen and oxygen atoms in total. The minimum Gasteiger partial charge on any atom is -0.438 e. The molecule has 2 heterocycles. The highest BCUT2D eigenvalue weighted by Gasteiger charge is 2.18. The molecule has 3 aromatic rings. The van der Waals surface area contributed by atoms with Crippen LogP contribution in [-0.4, -0.2) is 25.2 Å². The molecule has 0 saturated carbocycles. The quantitative estimate of drug-likeness (QED) is 0.606. The summed E-state index contributed by atoms with van der Waals surface area (Å²) in [6.45, 7) is 5.25. The maximum atomic E-state index is 13.0. The first-order valence-electron chi connectivity index (χ1n) is 9.75. The lowest BCUT2D eigenvalue weighted by atomic mass is 10.1. The van der Waals surface area contributed by atoms with Crippen molar-refractivity contribution in [2.45, 2.75) is 32.8 Å². The Morgan fingerprint density at radius 1 is 1.21 bits per heavy atom. The highest BCUT2D eigenvalue weighted by atomic mass is 79.9. The fourth-order valence-electron chi connectivity index (χ4n) is 3.40. The molecule has 1 atom stereocenters. The smallest absolute Gasteiger partial charge is 0.256 e. The van der Waals surface area contributed by atoms with Gasteiger partial charge in [0.05, 0.1) is 11.8 Å². The molecule has 0 unspecified atom stereocenters. The molecule has 1 aliphatic rings. The van der Waals surface area contributed by atoms with Crippen LogP contribution >= 0.6 is 15.9 Å². The third-order valence-electron chi connectivity index (χ3n) is 5.05. The van der Waals surface area contributed by atoms with Gasteiger partial charge in [-0.2, -0.15) is 0 Å². The average Bonchev–Trinajstić information content (AvgIpc) is 3.22. The standard InChI is InChI=1S/C23H23BrN2O3/c1-14-5-6-15(2)20(10-14)26-23-19(22(27)25-13-18-4-3-9-28-18)12-16-11-17(24)7-8-21(16)29-23/h5-8,10-12,18H,3-4,9,13H2,1-2H3,(H,25,27)/t18-/m0/s1. The molecule has 1 aromatic heterocycles. The zero-order chi connectivity index (χ0) is 20.4. The lowest BCUT2D eigenvalue weighted by Crippen LogP contribution is -2.34. The molecule has 0 bridgehead atoms. The van der Waals surface area contributed by atoms with Crippen LogP contribution < -0.4 is 10.9 Å². The monoisotopic (exact) mass is 454 g/mol. The molecule has 150 valence electrons. The van der Waals surface area contributed by atoms with Crippen LogP contribution in [0.25, 0.3) is 11.0 Å². The van der Waals surface area contributed by atoms with Gasteiger partial charge in [-0.05, 0) is 68.1 Å². The van der Waals surface area contributed by atoms with E-state index in [0.717, 1.165) is 46.1 Å². The van der Waals surface area contributed by atoms with Crippen molar-refractivity contribution >= 4 is 38.5 Å². The van der Waals surface area contributed by atoms with Crippen molar-refractivity contribution in [1.82, 2.24) is 5.32 Å². The minimum atomic E-state index is -0.213. The van der Waals surface area contributed by atoms with Crippen molar-refractivity contribution in [3.05, 3.63) is 69.2 Å². The molecule has 0 aliphatic carbocycles. The SMILES string of the molecule is Cc1ccc(C)c(N=c2oc3ccc(Br)cc3cc2C(=O)NC[C@@H]2CCCO2)c1. The molecule has 1 fully saturated rings. The molecule has 29 heavy (non-hydrogen) atoms. The first kappa shape index (κ1) is 19.9. The van der Waals surface area contributed by atoms with Crippen LogP contribution in [0.5, 0.6) is 0 Å². The van der Waals surface area contributed by atoms with E-state index in [1.807, 2.05) is 56.3 Å². The lowest BCUT2D eigenvalue weighted by Gasteiger charge is -2.11. The van der Waals surface area contributed by atoms with Crippen LogP contribution in [0, 0.1) is 13.8 Å². The van der Waals surface area contributed by atoms with Crippen molar-refractivity contribution in [2.24, 2.45) is 4.99 Å². The second kappa shape index (κ2) is 8.51. The van der Waals surface area contributed by atoms with E-state index in [0.29, 0.717) is 23.2 Å². The topological polar surface area (TPSA) is 63.8 Å². The molecular formula is C23H23BrN2O3. The zero-order valence-electron chi connectivity index (χ0n) is 16.5. The van der Waals surface area contributed by atoms with Crippen molar-refractivity contribution in [3.8, 4) is 0 Å². The molecule has 0 spiro atoms. The molecule has 1 saturated heterocycles. The number of rotatable bonds is 4. The lowest BCUT2D eigenvalue weighted by molar-refractivity contribution is 0.0854. The van der Waals surface area contributed by atoms with E-state index in [2.05, 4.69) is 21.2 Å². The van der Waals surface area contributed by atoms with Gasteiger partial charge in [0.25, 0.3) is 5.91 Å². The van der Waals surface area contributed by atoms with E-state index in [1.165, 1.54) is 0 Å². The fourth-order valence-corrected chi connectivity index (χ4v) is 3.78. The van der Waals surface area contributed by atoms with Crippen molar-refractivity contribution in [1.29, 1.82) is 0 Å². The van der Waals surface area contributed by atoms with Crippen molar-refractivity contribution in [3.63, 3.8) is 0 Å². The number of nitrogens with one attached hydrogen (secondary N) is 1. The van der Waals surface area contributed by atoms with Crippen LogP contribution in [-0.2, 0) is 4.74 Å². The summed E-state index contributed by atoms with van der Waals surface area (Å²) in [7, 11) is 0. The Kier molecular flexibility index (Phi) is 5.83. The summed E-state index contributed by atoms with van der Waals surface area (Å²) < 4.78 is 12.6. The summed E-state index contributed by atoms with van der Waals surface area (Å²) in [6.07, 6.45) is 2.08. The molecule has 0 radical (unpaired) electrons. The number of hydrogen-bond acceptors (Lipinski definition) is 4. The Morgan fingerprint density at radius 2 is 2.07 bits per heavy atom. The van der Waals surface area contributed by atoms with Gasteiger partial charge in [0.1, 0.15) is 11.1 Å². The van der Waals surface area contributed by atoms with Gasteiger partial charge in [0, 0.05) is 23.0 Å². The Bertz CT molecular complexity index is 1130. The molecular weight excluding hydrogens is 432 g/mol. The summed E-state index contributed by atoms with van der Waals surface area (Å²) in [5, 5.41) is 3.81. The van der Waals surface area contributed by atoms with E-state index >= 15 is 0 Å². The van der Waals surface area contributed by atoms with Crippen molar-refractivity contribution in [2.75, 3.05) is 13.2 Å². The Morgan fingerprint density at radius 3 is 2.86 bits per heavy atom. The maximum Gasteiger partial charge on any atom is 0.256 e. The van der Waals surface area contributed by atoms with Gasteiger partial charge in [-0.25, -0.2) is 4.99 Å². The van der Waals surface area contributed by atoms with E-state index in [-0.39, 0.29) is 12.0 Å². The number of amides is 1. The Labute approximate surface area is 177 Å². The highest BCUT2D eigenvalue weighted by molar-refractivity contribution is 9.10. The fraction of sp³-hybridized carbons (Fsp3) is 0.304. The van der Waals surface area contributed by atoms with E-state index in [9.17, 15) is 4.79 Å². The average molecular weight is 455 g/mol. The summed E-state index contributed by atoms with van der Waals surface area (Å²) in [4.78, 5) is 17.7. The van der Waals surface area contributed by atoms with Crippen LogP contribution in [0.4, 0.5) is 5.69 Å². The van der Waals surface area contributed by atoms with Gasteiger partial charge in [0.15, 0.2) is 0 Å². The summed E-state index contributed by atoms with van der Waals surface area (Å²) >= 11 is 3.48. The normalized spacial score (nSPS) is 17.1. The molecule has 1 N–H and O–H groups in total. The largest absolute Gasteiger partial charge is 0.438 e. The van der Waals surface area contributed by atoms with Crippen LogP contribution in [0.2, 0.25) is 0 Å². The number of carbonyl (C=O) groups excluding carboxylic acids is 1. The summed E-state index contributed by atoms with van der Waals surface area (Å²) in [6, 6.07) is 13.6. The predicted octanol–water partition coefficient (Wildman–Crippen LogP) is 4.95. The number of halogens is 1. The third-order valence-corrected chi connectivity index (χ3v) is 5.55. The Balaban J connectivity index is 1.79. The molecule has 1 aliphatic heterocycles. The molecule has 2 aromatic carbocycles. The first-order valence-corrected chi connectivity index (χ1v) is 10.5. The molecule has 4 rings (SSSR count). The van der Waals surface area contributed by atoms with Gasteiger partial charge in [-0.3, -0.25) is 4.79 Å². The maximum absolute atomic E-state index is 13.0. The predicted molar refractivity (Wildman–Crippen MR) is 116 cm³/mol. The number of carbonyl (C=O) groups is 1. The van der Waals surface area contributed by atoms with E-state index < -0.39 is 0 Å². The highest BCUT2D eigenvalue weighted by Crippen LogP contribution is 2.22. The van der Waals surface area contributed by atoms with E-state index in [4.69, 9.17) is 14.1 Å². The second-order valence-corrected chi connectivity index (χ2v) is 8.31. The van der Waals surface area contributed by atoms with Crippen molar-refractivity contribution < 1.29 is 13.9 Å². The van der Waals surface area contributed by atoms with Gasteiger partial charge in [-0.1, -0.05) is 28.1 Å². The van der Waals surface area contributed by atoms with Crippen LogP contribution in [0.3, 0.4) is 0 Å². The number of aryl methyl sites for hydroxylation is 2. The number of benzene rings is 2. The summed E-state index contributed by atoms with van der Waals surface area (Å²) in [5.74, 6) is -0.213. The van der Waals surface area contributed by atoms with Crippen LogP contribution in [0.1, 0.15) is 34.3 Å². The molecule has 1 amide bonds. The number of ether oxygens (including phenoxy) is 1. The minimum absolute atomic E-state index is 0.0740. The number of hydrogen-bond donors (Lipinski definition) is 1. The Hall–Kier alpha value is -2.44. The van der Waals surface area contributed by atoms with Gasteiger partial charge in [-0.15, -0.1) is 0 Å². The molecule has 6 heteroatoms. The van der Waals surface area contributed by atoms with Gasteiger partial charge >= 0.3 is 0 Å². The van der Waals surface area contributed by atoms with E-state index in [1.54, 1.807) is 0 Å². The number of fused-ring (bicyclic) bond motifs is 1. The summed E-state index contributed by atoms with van der Waals surface area (Å²) in [5.41, 5.74) is 4.30.